The lowest BCUT2D eigenvalue weighted by molar-refractivity contribution is -0.143. The number of aromatic nitrogens is 1. The van der Waals surface area contributed by atoms with Gasteiger partial charge in [0.25, 0.3) is 0 Å². The van der Waals surface area contributed by atoms with Crippen LogP contribution in [0.4, 0.5) is 26.3 Å². The predicted molar refractivity (Wildman–Crippen MR) is 146 cm³/mol. The predicted octanol–water partition coefficient (Wildman–Crippen LogP) is 9.17. The number of aromatic carboxylic acids is 1. The fraction of sp³-hybridized carbons (Fsp3) is 0.167. The van der Waals surface area contributed by atoms with E-state index in [1.807, 2.05) is 0 Å². The van der Waals surface area contributed by atoms with Crippen LogP contribution in [-0.2, 0) is 19.0 Å². The van der Waals surface area contributed by atoms with Gasteiger partial charge in [0.15, 0.2) is 0 Å². The van der Waals surface area contributed by atoms with Gasteiger partial charge in [-0.05, 0) is 74.5 Å². The van der Waals surface area contributed by atoms with Gasteiger partial charge in [0.1, 0.15) is 12.4 Å². The van der Waals surface area contributed by atoms with Crippen molar-refractivity contribution in [3.05, 3.63) is 105 Å². The molecule has 0 aliphatic carbocycles. The first-order valence-corrected chi connectivity index (χ1v) is 12.6. The Morgan fingerprint density at radius 3 is 2.27 bits per heavy atom. The van der Waals surface area contributed by atoms with Crippen molar-refractivity contribution in [3.8, 4) is 35.0 Å². The summed E-state index contributed by atoms with van der Waals surface area (Å²) in [5.74, 6) is 1.32. The number of carbonyl (C=O) groups is 1. The summed E-state index contributed by atoms with van der Waals surface area (Å²) in [6.45, 7) is 2.81. The molecule has 1 aromatic heterocycles. The van der Waals surface area contributed by atoms with Crippen molar-refractivity contribution in [2.45, 2.75) is 32.8 Å². The SMILES string of the molecule is C#CC.Cc1ccc(-c2cc(Br)ccc2OCc2ccc(C(F)(F)F)cc2C(F)(F)F)n1-c1cccc(C(=O)O)c1. The third-order valence-corrected chi connectivity index (χ3v) is 6.26. The number of hydrogen-bond donors (Lipinski definition) is 1. The second kappa shape index (κ2) is 12.6. The Labute approximate surface area is 240 Å². The molecule has 0 unspecified atom stereocenters. The van der Waals surface area contributed by atoms with E-state index in [-0.39, 0.29) is 17.4 Å². The number of benzene rings is 3. The quantitative estimate of drug-likeness (QED) is 0.169. The van der Waals surface area contributed by atoms with Crippen LogP contribution in [0.1, 0.15) is 39.7 Å². The molecular formula is C30H22BrF6NO3. The van der Waals surface area contributed by atoms with E-state index in [1.54, 1.807) is 54.8 Å². The average Bonchev–Trinajstić information content (AvgIpc) is 3.28. The summed E-state index contributed by atoms with van der Waals surface area (Å²) in [6.07, 6.45) is -5.36. The van der Waals surface area contributed by atoms with Crippen molar-refractivity contribution in [2.24, 2.45) is 0 Å². The van der Waals surface area contributed by atoms with Gasteiger partial charge in [-0.3, -0.25) is 0 Å². The minimum atomic E-state index is -5.02. The lowest BCUT2D eigenvalue weighted by Gasteiger charge is -2.19. The molecule has 0 atom stereocenters. The average molecular weight is 638 g/mol. The maximum Gasteiger partial charge on any atom is 0.416 e. The molecule has 41 heavy (non-hydrogen) atoms. The van der Waals surface area contributed by atoms with Crippen LogP contribution in [0.15, 0.2) is 77.3 Å². The van der Waals surface area contributed by atoms with E-state index in [2.05, 4.69) is 28.3 Å². The first-order valence-electron chi connectivity index (χ1n) is 11.8. The number of terminal acetylenes is 1. The summed E-state index contributed by atoms with van der Waals surface area (Å²) in [6, 6.07) is 16.0. The van der Waals surface area contributed by atoms with Gasteiger partial charge in [-0.15, -0.1) is 12.3 Å². The van der Waals surface area contributed by atoms with Crippen molar-refractivity contribution in [2.75, 3.05) is 0 Å². The maximum absolute atomic E-state index is 13.6. The van der Waals surface area contributed by atoms with Crippen LogP contribution < -0.4 is 4.74 Å². The Balaban J connectivity index is 0.00000147. The number of alkyl halides is 6. The standard InChI is InChI=1S/C27H18BrF6NO3.C3H4/c1-15-5-9-23(35(15)20-4-2-3-16(11-20)25(36)37)21-13-19(28)8-10-24(21)38-14-17-6-7-18(26(29,30)31)12-22(17)27(32,33)34;1-3-2/h2-13H,14H2,1H3,(H,36,37);1H,2H3. The molecule has 4 nitrogen and oxygen atoms in total. The Bertz CT molecular complexity index is 1600. The number of hydrogen-bond acceptors (Lipinski definition) is 2. The van der Waals surface area contributed by atoms with Crippen molar-refractivity contribution >= 4 is 21.9 Å². The molecule has 0 aliphatic heterocycles. The van der Waals surface area contributed by atoms with Crippen LogP contribution in [0.5, 0.6) is 5.75 Å². The van der Waals surface area contributed by atoms with Crippen LogP contribution in [0.25, 0.3) is 16.9 Å². The highest BCUT2D eigenvalue weighted by atomic mass is 79.9. The van der Waals surface area contributed by atoms with Crippen molar-refractivity contribution in [1.29, 1.82) is 0 Å². The zero-order valence-electron chi connectivity index (χ0n) is 21.6. The first-order chi connectivity index (χ1) is 19.2. The molecule has 3 aromatic carbocycles. The van der Waals surface area contributed by atoms with Gasteiger partial charge in [0, 0.05) is 27.0 Å². The molecule has 11 heteroatoms. The Morgan fingerprint density at radius 2 is 1.66 bits per heavy atom. The summed E-state index contributed by atoms with van der Waals surface area (Å²) >= 11 is 3.37. The van der Waals surface area contributed by atoms with Crippen molar-refractivity contribution in [3.63, 3.8) is 0 Å². The number of halogens is 7. The highest BCUT2D eigenvalue weighted by Gasteiger charge is 2.38. The summed E-state index contributed by atoms with van der Waals surface area (Å²) in [7, 11) is 0. The van der Waals surface area contributed by atoms with E-state index in [0.29, 0.717) is 27.5 Å². The molecule has 214 valence electrons. The third-order valence-electron chi connectivity index (χ3n) is 5.77. The molecule has 4 aromatic rings. The van der Waals surface area contributed by atoms with E-state index < -0.39 is 41.6 Å². The van der Waals surface area contributed by atoms with E-state index in [9.17, 15) is 36.2 Å². The molecule has 1 N–H and O–H groups in total. The van der Waals surface area contributed by atoms with Crippen LogP contribution in [0.3, 0.4) is 0 Å². The normalized spacial score (nSPS) is 11.3. The summed E-state index contributed by atoms with van der Waals surface area (Å²) in [5, 5.41) is 9.38. The fourth-order valence-corrected chi connectivity index (χ4v) is 4.36. The lowest BCUT2D eigenvalue weighted by Crippen LogP contribution is -2.14. The molecular weight excluding hydrogens is 616 g/mol. The van der Waals surface area contributed by atoms with Crippen LogP contribution in [0.2, 0.25) is 0 Å². The van der Waals surface area contributed by atoms with Crippen LogP contribution >= 0.6 is 15.9 Å². The Hall–Kier alpha value is -4.17. The minimum absolute atomic E-state index is 0.0641. The highest BCUT2D eigenvalue weighted by Crippen LogP contribution is 2.39. The number of ether oxygens (including phenoxy) is 1. The van der Waals surface area contributed by atoms with Gasteiger partial charge in [-0.1, -0.05) is 28.1 Å². The molecule has 0 bridgehead atoms. The second-order valence-corrected chi connectivity index (χ2v) is 9.55. The molecule has 0 fully saturated rings. The summed E-state index contributed by atoms with van der Waals surface area (Å²) in [5.41, 5.74) is -0.927. The minimum Gasteiger partial charge on any atom is -0.488 e. The maximum atomic E-state index is 13.6. The molecule has 0 aliphatic rings. The largest absolute Gasteiger partial charge is 0.488 e. The number of carboxylic acid groups (broad SMARTS) is 1. The molecule has 1 heterocycles. The Kier molecular flexibility index (Phi) is 9.61. The smallest absolute Gasteiger partial charge is 0.416 e. The molecule has 4 rings (SSSR count). The first kappa shape index (κ1) is 31.4. The van der Waals surface area contributed by atoms with E-state index in [0.717, 1.165) is 11.8 Å². The zero-order chi connectivity index (χ0) is 30.5. The van der Waals surface area contributed by atoms with Crippen molar-refractivity contribution in [1.82, 2.24) is 4.57 Å². The highest BCUT2D eigenvalue weighted by molar-refractivity contribution is 9.10. The van der Waals surface area contributed by atoms with Gasteiger partial charge in [-0.25, -0.2) is 4.79 Å². The lowest BCUT2D eigenvalue weighted by atomic mass is 10.0. The zero-order valence-corrected chi connectivity index (χ0v) is 23.2. The van der Waals surface area contributed by atoms with Gasteiger partial charge in [-0.2, -0.15) is 26.3 Å². The number of nitrogens with zero attached hydrogens (tertiary/aromatic N) is 1. The molecule has 0 radical (unpaired) electrons. The topological polar surface area (TPSA) is 51.5 Å². The van der Waals surface area contributed by atoms with Crippen LogP contribution in [-0.4, -0.2) is 15.6 Å². The fourth-order valence-electron chi connectivity index (χ4n) is 4.00. The molecule has 0 saturated heterocycles. The van der Waals surface area contributed by atoms with Gasteiger partial charge >= 0.3 is 18.3 Å². The monoisotopic (exact) mass is 637 g/mol. The number of rotatable bonds is 6. The molecule has 0 saturated carbocycles. The molecule has 0 amide bonds. The van der Waals surface area contributed by atoms with Gasteiger partial charge in [0.05, 0.1) is 22.4 Å². The van der Waals surface area contributed by atoms with Crippen LogP contribution in [0, 0.1) is 19.3 Å². The Morgan fingerprint density at radius 1 is 0.976 bits per heavy atom. The summed E-state index contributed by atoms with van der Waals surface area (Å²) < 4.78 is 88.0. The second-order valence-electron chi connectivity index (χ2n) is 8.64. The van der Waals surface area contributed by atoms with E-state index in [1.165, 1.54) is 18.2 Å². The van der Waals surface area contributed by atoms with Gasteiger partial charge < -0.3 is 14.4 Å². The molecule has 0 spiro atoms. The number of carboxylic acids is 1. The third kappa shape index (κ3) is 7.52. The summed E-state index contributed by atoms with van der Waals surface area (Å²) in [4.78, 5) is 11.5. The van der Waals surface area contributed by atoms with Gasteiger partial charge in [0.2, 0.25) is 0 Å². The number of aryl methyl sites for hydroxylation is 1. The van der Waals surface area contributed by atoms with E-state index >= 15 is 0 Å². The van der Waals surface area contributed by atoms with Crippen molar-refractivity contribution < 1.29 is 41.0 Å². The van der Waals surface area contributed by atoms with E-state index in [4.69, 9.17) is 4.74 Å².